The zero-order chi connectivity index (χ0) is 16.4. The molecule has 0 unspecified atom stereocenters. The number of hydrogen-bond acceptors (Lipinski definition) is 3. The van der Waals surface area contributed by atoms with Crippen molar-refractivity contribution in [3.8, 4) is 0 Å². The third-order valence-corrected chi connectivity index (χ3v) is 4.94. The number of carbonyl (C=O) groups is 1. The second-order valence-electron chi connectivity index (χ2n) is 6.58. The molecule has 2 fully saturated rings. The molecule has 7 heteroatoms. The second-order valence-corrected chi connectivity index (χ2v) is 6.58. The van der Waals surface area contributed by atoms with Crippen molar-refractivity contribution in [1.82, 2.24) is 14.9 Å². The van der Waals surface area contributed by atoms with Crippen LogP contribution >= 0.6 is 0 Å². The highest BCUT2D eigenvalue weighted by atomic mass is 19.3. The van der Waals surface area contributed by atoms with Crippen LogP contribution in [0.4, 0.5) is 8.78 Å². The number of amides is 1. The summed E-state index contributed by atoms with van der Waals surface area (Å²) in [5, 5.41) is 0. The van der Waals surface area contributed by atoms with Gasteiger partial charge < -0.3 is 9.88 Å². The van der Waals surface area contributed by atoms with Gasteiger partial charge >= 0.3 is 5.69 Å². The molecule has 1 amide bonds. The van der Waals surface area contributed by atoms with Crippen LogP contribution in [0.1, 0.15) is 50.1 Å². The van der Waals surface area contributed by atoms with Crippen LogP contribution in [0.5, 0.6) is 0 Å². The van der Waals surface area contributed by atoms with Crippen molar-refractivity contribution in [2.75, 3.05) is 13.1 Å². The van der Waals surface area contributed by atoms with Crippen molar-refractivity contribution in [3.63, 3.8) is 0 Å². The molecule has 1 atom stereocenters. The summed E-state index contributed by atoms with van der Waals surface area (Å²) in [6.07, 6.45) is 3.35. The van der Waals surface area contributed by atoms with Gasteiger partial charge in [0.2, 0.25) is 11.8 Å². The molecule has 1 aromatic heterocycles. The zero-order valence-electron chi connectivity index (χ0n) is 12.9. The highest BCUT2D eigenvalue weighted by Gasteiger charge is 2.39. The first-order valence-electron chi connectivity index (χ1n) is 8.16. The van der Waals surface area contributed by atoms with Crippen LogP contribution in [-0.2, 0) is 4.79 Å². The third kappa shape index (κ3) is 3.76. The molecule has 0 aromatic carbocycles. The number of rotatable bonds is 2. The van der Waals surface area contributed by atoms with Gasteiger partial charge in [-0.2, -0.15) is 0 Å². The molecular weight excluding hydrogens is 304 g/mol. The van der Waals surface area contributed by atoms with Crippen molar-refractivity contribution >= 4 is 5.91 Å². The Morgan fingerprint density at radius 2 is 2.04 bits per heavy atom. The Balaban J connectivity index is 1.64. The Morgan fingerprint density at radius 1 is 1.30 bits per heavy atom. The van der Waals surface area contributed by atoms with E-state index in [1.165, 1.54) is 6.20 Å². The van der Waals surface area contributed by atoms with E-state index in [0.29, 0.717) is 13.1 Å². The minimum atomic E-state index is -2.61. The van der Waals surface area contributed by atoms with E-state index in [9.17, 15) is 18.4 Å². The quantitative estimate of drug-likeness (QED) is 0.907. The summed E-state index contributed by atoms with van der Waals surface area (Å²) in [5.41, 5.74) is 0.401. The monoisotopic (exact) mass is 325 g/mol. The summed E-state index contributed by atoms with van der Waals surface area (Å²) >= 11 is 0. The van der Waals surface area contributed by atoms with Crippen LogP contribution in [0.15, 0.2) is 17.1 Å². The van der Waals surface area contributed by atoms with Crippen LogP contribution in [0.3, 0.4) is 0 Å². The fourth-order valence-electron chi connectivity index (χ4n) is 3.60. The number of nitrogens with zero attached hydrogens (tertiary/aromatic N) is 2. The number of hydrogen-bond donors (Lipinski definition) is 1. The van der Waals surface area contributed by atoms with Gasteiger partial charge in [0.15, 0.2) is 0 Å². The largest absolute Gasteiger partial charge is 0.345 e. The number of nitrogens with one attached hydrogen (secondary N) is 1. The number of H-pyrrole nitrogens is 1. The van der Waals surface area contributed by atoms with E-state index in [1.54, 1.807) is 11.0 Å². The lowest BCUT2D eigenvalue weighted by atomic mass is 9.85. The molecule has 23 heavy (non-hydrogen) atoms. The highest BCUT2D eigenvalue weighted by molar-refractivity contribution is 5.79. The van der Waals surface area contributed by atoms with Crippen molar-refractivity contribution in [3.05, 3.63) is 28.4 Å². The lowest BCUT2D eigenvalue weighted by Gasteiger charge is -2.36. The van der Waals surface area contributed by atoms with Gasteiger partial charge in [-0.05, 0) is 31.7 Å². The summed E-state index contributed by atoms with van der Waals surface area (Å²) in [4.78, 5) is 32.1. The minimum Gasteiger partial charge on any atom is -0.342 e. The minimum absolute atomic E-state index is 0.0124. The molecule has 1 aliphatic carbocycles. The normalized spacial score (nSPS) is 25.3. The molecular formula is C16H21F2N3O2. The molecule has 126 valence electrons. The van der Waals surface area contributed by atoms with Gasteiger partial charge in [-0.3, -0.25) is 4.79 Å². The first-order chi connectivity index (χ1) is 10.9. The fraction of sp³-hybridized carbons (Fsp3) is 0.688. The van der Waals surface area contributed by atoms with E-state index in [1.807, 2.05) is 0 Å². The number of piperidine rings is 1. The number of aromatic nitrogens is 2. The molecule has 2 aliphatic rings. The van der Waals surface area contributed by atoms with E-state index in [0.717, 1.165) is 18.5 Å². The zero-order valence-corrected chi connectivity index (χ0v) is 12.9. The molecule has 1 saturated carbocycles. The Kier molecular flexibility index (Phi) is 4.46. The molecule has 0 spiro atoms. The van der Waals surface area contributed by atoms with E-state index in [4.69, 9.17) is 0 Å². The standard InChI is InChI=1S/C16H21F2N3O2/c17-16(18)6-3-11(4-7-16)14(22)21-9-1-2-12(10-21)13-5-8-19-15(23)20-13/h5,8,11-12H,1-4,6-7,9-10H2,(H,19,20,23)/t12-/m1/s1. The van der Waals surface area contributed by atoms with Crippen LogP contribution in [-0.4, -0.2) is 39.8 Å². The molecule has 1 saturated heterocycles. The average Bonchev–Trinajstić information content (AvgIpc) is 2.54. The van der Waals surface area contributed by atoms with Gasteiger partial charge in [0.25, 0.3) is 0 Å². The van der Waals surface area contributed by atoms with Crippen molar-refractivity contribution in [2.24, 2.45) is 5.92 Å². The second kappa shape index (κ2) is 6.37. The lowest BCUT2D eigenvalue weighted by Crippen LogP contribution is -2.44. The first-order valence-corrected chi connectivity index (χ1v) is 8.16. The molecule has 0 bridgehead atoms. The summed E-state index contributed by atoms with van der Waals surface area (Å²) in [5.74, 6) is -2.84. The molecule has 1 aromatic rings. The van der Waals surface area contributed by atoms with Gasteiger partial charge in [0.1, 0.15) is 0 Å². The van der Waals surface area contributed by atoms with Gasteiger partial charge in [0, 0.05) is 49.7 Å². The Labute approximate surface area is 133 Å². The van der Waals surface area contributed by atoms with E-state index in [-0.39, 0.29) is 49.1 Å². The fourth-order valence-corrected chi connectivity index (χ4v) is 3.60. The Morgan fingerprint density at radius 3 is 2.74 bits per heavy atom. The summed E-state index contributed by atoms with van der Waals surface area (Å²) in [6.45, 7) is 1.20. The van der Waals surface area contributed by atoms with Crippen LogP contribution in [0.2, 0.25) is 0 Å². The van der Waals surface area contributed by atoms with Crippen molar-refractivity contribution in [1.29, 1.82) is 0 Å². The number of likely N-dealkylation sites (tertiary alicyclic amines) is 1. The number of halogens is 2. The molecule has 1 aliphatic heterocycles. The van der Waals surface area contributed by atoms with Crippen LogP contribution in [0, 0.1) is 5.92 Å². The van der Waals surface area contributed by atoms with E-state index < -0.39 is 5.92 Å². The Hall–Kier alpha value is -1.79. The maximum atomic E-state index is 13.2. The summed E-state index contributed by atoms with van der Waals surface area (Å²) < 4.78 is 26.5. The smallest absolute Gasteiger partial charge is 0.342 e. The average molecular weight is 325 g/mol. The third-order valence-electron chi connectivity index (χ3n) is 4.94. The number of aromatic amines is 1. The predicted octanol–water partition coefficient (Wildman–Crippen LogP) is 2.30. The topological polar surface area (TPSA) is 66.1 Å². The van der Waals surface area contributed by atoms with E-state index >= 15 is 0 Å². The van der Waals surface area contributed by atoms with Gasteiger partial charge in [0.05, 0.1) is 0 Å². The van der Waals surface area contributed by atoms with Crippen molar-refractivity contribution in [2.45, 2.75) is 50.4 Å². The molecule has 0 radical (unpaired) electrons. The number of carbonyl (C=O) groups excluding carboxylic acids is 1. The number of alkyl halides is 2. The molecule has 5 nitrogen and oxygen atoms in total. The van der Waals surface area contributed by atoms with Crippen LogP contribution < -0.4 is 5.69 Å². The molecule has 3 rings (SSSR count). The van der Waals surface area contributed by atoms with Crippen molar-refractivity contribution < 1.29 is 13.6 Å². The molecule has 2 heterocycles. The molecule has 1 N–H and O–H groups in total. The first kappa shape index (κ1) is 16.1. The SMILES string of the molecule is O=C(C1CCC(F)(F)CC1)N1CCC[C@@H](c2ccnc(=O)[nH]2)C1. The van der Waals surface area contributed by atoms with Gasteiger partial charge in [-0.1, -0.05) is 0 Å². The van der Waals surface area contributed by atoms with Gasteiger partial charge in [-0.15, -0.1) is 0 Å². The summed E-state index contributed by atoms with van der Waals surface area (Å²) in [7, 11) is 0. The maximum Gasteiger partial charge on any atom is 0.345 e. The Bertz CT molecular complexity index is 622. The van der Waals surface area contributed by atoms with Crippen LogP contribution in [0.25, 0.3) is 0 Å². The summed E-state index contributed by atoms with van der Waals surface area (Å²) in [6, 6.07) is 1.77. The lowest BCUT2D eigenvalue weighted by molar-refractivity contribution is -0.140. The predicted molar refractivity (Wildman–Crippen MR) is 80.3 cm³/mol. The van der Waals surface area contributed by atoms with E-state index in [2.05, 4.69) is 9.97 Å². The maximum absolute atomic E-state index is 13.2. The highest BCUT2D eigenvalue weighted by Crippen LogP contribution is 2.37. The van der Waals surface area contributed by atoms with Gasteiger partial charge in [-0.25, -0.2) is 18.6 Å².